The largest absolute Gasteiger partial charge is 0.409 e. The molecule has 19 heavy (non-hydrogen) atoms. The van der Waals surface area contributed by atoms with E-state index in [0.717, 1.165) is 6.26 Å². The van der Waals surface area contributed by atoms with Gasteiger partial charge in [-0.3, -0.25) is 4.79 Å². The summed E-state index contributed by atoms with van der Waals surface area (Å²) in [5, 5.41) is 13.6. The van der Waals surface area contributed by atoms with Crippen molar-refractivity contribution >= 4 is 21.6 Å². The summed E-state index contributed by atoms with van der Waals surface area (Å²) in [6.07, 6.45) is 1.27. The number of carbonyl (C=O) groups is 1. The molecule has 0 aliphatic rings. The molecule has 1 aromatic rings. The van der Waals surface area contributed by atoms with E-state index in [9.17, 15) is 13.2 Å². The number of carbonyl (C=O) groups excluding carboxylic acids is 1. The zero-order valence-electron chi connectivity index (χ0n) is 10.3. The van der Waals surface area contributed by atoms with E-state index in [-0.39, 0.29) is 29.3 Å². The normalized spacial score (nSPS) is 12.2. The van der Waals surface area contributed by atoms with Crippen molar-refractivity contribution in [3.63, 3.8) is 0 Å². The second kappa shape index (κ2) is 6.19. The molecule has 8 heteroatoms. The molecule has 0 spiro atoms. The topological polar surface area (TPSA) is 122 Å². The third kappa shape index (κ3) is 4.59. The molecule has 1 rings (SSSR count). The number of hydrogen-bond acceptors (Lipinski definition) is 5. The Kier molecular flexibility index (Phi) is 4.87. The lowest BCUT2D eigenvalue weighted by molar-refractivity contribution is 0.0954. The fourth-order valence-electron chi connectivity index (χ4n) is 1.32. The van der Waals surface area contributed by atoms with Crippen LogP contribution in [0.3, 0.4) is 0 Å². The number of nitrogens with two attached hydrogens (primary N) is 1. The first-order chi connectivity index (χ1) is 8.84. The van der Waals surface area contributed by atoms with Crippen LogP contribution in [0.5, 0.6) is 0 Å². The second-order valence-corrected chi connectivity index (χ2v) is 5.91. The lowest BCUT2D eigenvalue weighted by Crippen LogP contribution is -2.28. The quantitative estimate of drug-likeness (QED) is 0.303. The van der Waals surface area contributed by atoms with E-state index in [1.165, 1.54) is 24.3 Å². The average Bonchev–Trinajstić information content (AvgIpc) is 2.37. The minimum atomic E-state index is -3.35. The van der Waals surface area contributed by atoms with E-state index < -0.39 is 15.7 Å². The van der Waals surface area contributed by atoms with Gasteiger partial charge in [-0.05, 0) is 18.2 Å². The smallest absolute Gasteiger partial charge is 0.251 e. The van der Waals surface area contributed by atoms with Crippen LogP contribution in [0, 0.1) is 0 Å². The number of benzene rings is 1. The molecule has 104 valence electrons. The zero-order chi connectivity index (χ0) is 14.5. The Labute approximate surface area is 111 Å². The van der Waals surface area contributed by atoms with Gasteiger partial charge in [-0.1, -0.05) is 11.2 Å². The molecule has 0 saturated carbocycles. The maximum absolute atomic E-state index is 11.7. The predicted octanol–water partition coefficient (Wildman–Crippen LogP) is -0.0436. The summed E-state index contributed by atoms with van der Waals surface area (Å²) in [7, 11) is -3.35. The summed E-state index contributed by atoms with van der Waals surface area (Å²) in [5.41, 5.74) is 5.49. The number of hydrogen-bond donors (Lipinski definition) is 3. The van der Waals surface area contributed by atoms with E-state index in [1.807, 2.05) is 0 Å². The van der Waals surface area contributed by atoms with Crippen molar-refractivity contribution in [1.29, 1.82) is 0 Å². The van der Waals surface area contributed by atoms with Crippen LogP contribution in [0.15, 0.2) is 34.3 Å². The van der Waals surface area contributed by atoms with Gasteiger partial charge in [0.25, 0.3) is 5.91 Å². The van der Waals surface area contributed by atoms with Crippen molar-refractivity contribution in [1.82, 2.24) is 5.32 Å². The highest BCUT2D eigenvalue weighted by atomic mass is 32.2. The standard InChI is InChI=1S/C11H15N3O4S/c1-19(17,18)9-4-2-3-8(7-9)11(15)13-6-5-10(12)14-16/h2-4,7,16H,5-6H2,1H3,(H2,12,14)(H,13,15). The summed E-state index contributed by atoms with van der Waals surface area (Å²) < 4.78 is 22.7. The number of nitrogens with zero attached hydrogens (tertiary/aromatic N) is 1. The molecule has 4 N–H and O–H groups in total. The van der Waals surface area contributed by atoms with Crippen LogP contribution in [-0.2, 0) is 9.84 Å². The fraction of sp³-hybridized carbons (Fsp3) is 0.273. The van der Waals surface area contributed by atoms with Gasteiger partial charge in [-0.2, -0.15) is 0 Å². The van der Waals surface area contributed by atoms with Gasteiger partial charge in [0.15, 0.2) is 9.84 Å². The Balaban J connectivity index is 2.73. The summed E-state index contributed by atoms with van der Waals surface area (Å²) in [5.74, 6) is -0.415. The van der Waals surface area contributed by atoms with Gasteiger partial charge in [0, 0.05) is 24.8 Å². The molecule has 1 aromatic carbocycles. The molecular formula is C11H15N3O4S. The average molecular weight is 285 g/mol. The molecule has 0 unspecified atom stereocenters. The molecule has 1 amide bonds. The van der Waals surface area contributed by atoms with Gasteiger partial charge in [-0.15, -0.1) is 0 Å². The number of amides is 1. The molecule has 0 fully saturated rings. The first-order valence-electron chi connectivity index (χ1n) is 5.39. The van der Waals surface area contributed by atoms with Crippen molar-refractivity contribution in [2.24, 2.45) is 10.9 Å². The van der Waals surface area contributed by atoms with E-state index >= 15 is 0 Å². The van der Waals surface area contributed by atoms with Gasteiger partial charge in [0.1, 0.15) is 5.84 Å². The van der Waals surface area contributed by atoms with Crippen LogP contribution < -0.4 is 11.1 Å². The summed E-state index contributed by atoms with van der Waals surface area (Å²) in [6.45, 7) is 0.192. The molecule has 0 aliphatic carbocycles. The highest BCUT2D eigenvalue weighted by Crippen LogP contribution is 2.11. The molecule has 0 bridgehead atoms. The highest BCUT2D eigenvalue weighted by molar-refractivity contribution is 7.90. The Morgan fingerprint density at radius 3 is 2.74 bits per heavy atom. The van der Waals surface area contributed by atoms with Gasteiger partial charge in [-0.25, -0.2) is 8.42 Å². The zero-order valence-corrected chi connectivity index (χ0v) is 11.1. The molecule has 0 heterocycles. The van der Waals surface area contributed by atoms with Crippen LogP contribution in [0.2, 0.25) is 0 Å². The predicted molar refractivity (Wildman–Crippen MR) is 69.9 cm³/mol. The van der Waals surface area contributed by atoms with Gasteiger partial charge in [0.05, 0.1) is 4.90 Å². The Morgan fingerprint density at radius 1 is 1.47 bits per heavy atom. The Hall–Kier alpha value is -2.09. The van der Waals surface area contributed by atoms with Crippen molar-refractivity contribution < 1.29 is 18.4 Å². The summed E-state index contributed by atoms with van der Waals surface area (Å²) in [4.78, 5) is 11.8. The van der Waals surface area contributed by atoms with E-state index in [2.05, 4.69) is 10.5 Å². The molecular weight excluding hydrogens is 270 g/mol. The summed E-state index contributed by atoms with van der Waals surface area (Å²) >= 11 is 0. The second-order valence-electron chi connectivity index (χ2n) is 3.90. The monoisotopic (exact) mass is 285 g/mol. The number of oxime groups is 1. The Bertz CT molecular complexity index is 596. The SMILES string of the molecule is CS(=O)(=O)c1cccc(C(=O)NCCC(N)=NO)c1. The number of amidine groups is 1. The molecule has 0 aliphatic heterocycles. The minimum Gasteiger partial charge on any atom is -0.409 e. The molecule has 7 nitrogen and oxygen atoms in total. The van der Waals surface area contributed by atoms with Crippen LogP contribution >= 0.6 is 0 Å². The molecule has 0 aromatic heterocycles. The van der Waals surface area contributed by atoms with Crippen molar-refractivity contribution in [2.75, 3.05) is 12.8 Å². The minimum absolute atomic E-state index is 0.00480. The molecule has 0 atom stereocenters. The van der Waals surface area contributed by atoms with Gasteiger partial charge in [0.2, 0.25) is 0 Å². The Morgan fingerprint density at radius 2 is 2.16 bits per heavy atom. The number of nitrogens with one attached hydrogen (secondary N) is 1. The maximum atomic E-state index is 11.7. The first kappa shape index (κ1) is 15.0. The van der Waals surface area contributed by atoms with Gasteiger partial charge >= 0.3 is 0 Å². The maximum Gasteiger partial charge on any atom is 0.251 e. The first-order valence-corrected chi connectivity index (χ1v) is 7.28. The number of rotatable bonds is 5. The lowest BCUT2D eigenvalue weighted by Gasteiger charge is -2.06. The third-order valence-electron chi connectivity index (χ3n) is 2.32. The molecule has 0 radical (unpaired) electrons. The van der Waals surface area contributed by atoms with E-state index in [4.69, 9.17) is 10.9 Å². The van der Waals surface area contributed by atoms with Crippen molar-refractivity contribution in [3.05, 3.63) is 29.8 Å². The molecule has 0 saturated heterocycles. The van der Waals surface area contributed by atoms with Gasteiger partial charge < -0.3 is 16.3 Å². The van der Waals surface area contributed by atoms with Crippen molar-refractivity contribution in [2.45, 2.75) is 11.3 Å². The number of sulfone groups is 1. The summed E-state index contributed by atoms with van der Waals surface area (Å²) in [6, 6.07) is 5.72. The van der Waals surface area contributed by atoms with E-state index in [1.54, 1.807) is 0 Å². The van der Waals surface area contributed by atoms with Crippen LogP contribution in [0.25, 0.3) is 0 Å². The van der Waals surface area contributed by atoms with Crippen LogP contribution in [0.4, 0.5) is 0 Å². The van der Waals surface area contributed by atoms with Crippen LogP contribution in [0.1, 0.15) is 16.8 Å². The highest BCUT2D eigenvalue weighted by Gasteiger charge is 2.11. The van der Waals surface area contributed by atoms with E-state index in [0.29, 0.717) is 0 Å². The lowest BCUT2D eigenvalue weighted by atomic mass is 10.2. The van der Waals surface area contributed by atoms with Crippen LogP contribution in [-0.4, -0.2) is 38.2 Å². The fourth-order valence-corrected chi connectivity index (χ4v) is 1.99. The van der Waals surface area contributed by atoms with Crippen molar-refractivity contribution in [3.8, 4) is 0 Å². The third-order valence-corrected chi connectivity index (χ3v) is 3.43.